The second kappa shape index (κ2) is 8.28. The highest BCUT2D eigenvalue weighted by Crippen LogP contribution is 2.23. The number of carbonyl (C=O) groups is 1. The fourth-order valence-electron chi connectivity index (χ4n) is 2.75. The summed E-state index contributed by atoms with van der Waals surface area (Å²) in [6.45, 7) is 1.83. The van der Waals surface area contributed by atoms with Gasteiger partial charge in [0.2, 0.25) is 0 Å². The molecule has 6 heteroatoms. The lowest BCUT2D eigenvalue weighted by molar-refractivity contribution is -0.139. The van der Waals surface area contributed by atoms with E-state index in [0.29, 0.717) is 5.69 Å². The number of nitrogens with zero attached hydrogens (tertiary/aromatic N) is 3. The minimum Gasteiger partial charge on any atom is -0.469 e. The van der Waals surface area contributed by atoms with E-state index in [1.807, 2.05) is 42.9 Å². The number of anilines is 1. The topological polar surface area (TPSA) is 69.0 Å². The molecule has 3 aromatic rings. The fraction of sp³-hybridized carbons (Fsp3) is 0.316. The largest absolute Gasteiger partial charge is 0.469 e. The van der Waals surface area contributed by atoms with Crippen LogP contribution in [0.2, 0.25) is 0 Å². The molecule has 0 saturated carbocycles. The van der Waals surface area contributed by atoms with Gasteiger partial charge < -0.3 is 14.6 Å². The summed E-state index contributed by atoms with van der Waals surface area (Å²) >= 11 is 0. The zero-order valence-corrected chi connectivity index (χ0v) is 14.3. The Bertz CT molecular complexity index is 831. The number of pyridine rings is 1. The van der Waals surface area contributed by atoms with Crippen LogP contribution in [0.15, 0.2) is 49.1 Å². The van der Waals surface area contributed by atoms with E-state index >= 15 is 0 Å². The summed E-state index contributed by atoms with van der Waals surface area (Å²) in [6, 6.07) is 9.88. The molecular formula is C19H22N4O2. The number of methoxy groups -OCH3 is 1. The van der Waals surface area contributed by atoms with E-state index in [2.05, 4.69) is 19.9 Å². The number of unbranched alkanes of at least 4 members (excludes halogenated alkanes) is 1. The zero-order valence-electron chi connectivity index (χ0n) is 14.3. The summed E-state index contributed by atoms with van der Waals surface area (Å²) in [4.78, 5) is 20.1. The first-order valence-electron chi connectivity index (χ1n) is 8.41. The van der Waals surface area contributed by atoms with Crippen molar-refractivity contribution < 1.29 is 9.53 Å². The highest BCUT2D eigenvalue weighted by atomic mass is 16.5. The standard InChI is InChI=1S/C19H22N4O2/c1-25-19(24)13-15-12-18(16-6-2-3-7-17(16)22-15)21-8-4-5-10-23-11-9-20-14-23/h2-3,6-7,9,11-12,14H,4-5,8,10,13H2,1H3,(H,21,22). The lowest BCUT2D eigenvalue weighted by Crippen LogP contribution is -2.09. The van der Waals surface area contributed by atoms with Crippen LogP contribution in [-0.2, 0) is 22.5 Å². The maximum atomic E-state index is 11.6. The third kappa shape index (κ3) is 4.56. The summed E-state index contributed by atoms with van der Waals surface area (Å²) < 4.78 is 6.83. The number of fused-ring (bicyclic) bond motifs is 1. The molecule has 2 heterocycles. The van der Waals surface area contributed by atoms with Crippen molar-refractivity contribution in [3.05, 3.63) is 54.7 Å². The Labute approximate surface area is 146 Å². The number of para-hydroxylation sites is 1. The number of carbonyl (C=O) groups excluding carboxylic acids is 1. The molecule has 1 aromatic carbocycles. The molecule has 0 fully saturated rings. The molecule has 2 aromatic heterocycles. The molecular weight excluding hydrogens is 316 g/mol. The summed E-state index contributed by atoms with van der Waals surface area (Å²) in [7, 11) is 1.39. The van der Waals surface area contributed by atoms with Gasteiger partial charge in [-0.25, -0.2) is 4.98 Å². The SMILES string of the molecule is COC(=O)Cc1cc(NCCCCn2ccnc2)c2ccccc2n1. The molecule has 25 heavy (non-hydrogen) atoms. The Kier molecular flexibility index (Phi) is 5.61. The first kappa shape index (κ1) is 17.0. The van der Waals surface area contributed by atoms with Gasteiger partial charge in [0, 0.05) is 36.6 Å². The van der Waals surface area contributed by atoms with E-state index < -0.39 is 0 Å². The number of aromatic nitrogens is 3. The molecule has 0 radical (unpaired) electrons. The molecule has 0 aliphatic heterocycles. The Hall–Kier alpha value is -2.89. The minimum absolute atomic E-state index is 0.177. The zero-order chi connectivity index (χ0) is 17.5. The van der Waals surface area contributed by atoms with Crippen molar-refractivity contribution in [2.24, 2.45) is 0 Å². The van der Waals surface area contributed by atoms with Crippen LogP contribution < -0.4 is 5.32 Å². The summed E-state index contributed by atoms with van der Waals surface area (Å²) in [5.74, 6) is -0.283. The number of benzene rings is 1. The van der Waals surface area contributed by atoms with E-state index in [1.165, 1.54) is 7.11 Å². The number of hydrogen-bond acceptors (Lipinski definition) is 5. The predicted octanol–water partition coefficient (Wildman–Crippen LogP) is 3.04. The molecule has 1 N–H and O–H groups in total. The summed E-state index contributed by atoms with van der Waals surface area (Å²) in [5.41, 5.74) is 2.60. The van der Waals surface area contributed by atoms with Crippen molar-refractivity contribution in [3.8, 4) is 0 Å². The van der Waals surface area contributed by atoms with Crippen molar-refractivity contribution in [1.29, 1.82) is 0 Å². The van der Waals surface area contributed by atoms with E-state index in [9.17, 15) is 4.79 Å². The van der Waals surface area contributed by atoms with Gasteiger partial charge in [0.05, 0.1) is 31.1 Å². The third-order valence-corrected chi connectivity index (χ3v) is 4.04. The quantitative estimate of drug-likeness (QED) is 0.505. The Balaban J connectivity index is 1.65. The van der Waals surface area contributed by atoms with Crippen molar-refractivity contribution in [1.82, 2.24) is 14.5 Å². The molecule has 130 valence electrons. The normalized spacial score (nSPS) is 10.8. The highest BCUT2D eigenvalue weighted by Gasteiger charge is 2.09. The predicted molar refractivity (Wildman–Crippen MR) is 97.4 cm³/mol. The van der Waals surface area contributed by atoms with Crippen LogP contribution in [0.3, 0.4) is 0 Å². The molecule has 0 bridgehead atoms. The monoisotopic (exact) mass is 338 g/mol. The first-order chi connectivity index (χ1) is 12.3. The van der Waals surface area contributed by atoms with E-state index in [-0.39, 0.29) is 12.4 Å². The van der Waals surface area contributed by atoms with Crippen LogP contribution in [-0.4, -0.2) is 34.2 Å². The first-order valence-corrected chi connectivity index (χ1v) is 8.41. The number of imidazole rings is 1. The summed E-state index contributed by atoms with van der Waals surface area (Å²) in [5, 5.41) is 4.54. The van der Waals surface area contributed by atoms with Gasteiger partial charge in [-0.1, -0.05) is 18.2 Å². The van der Waals surface area contributed by atoms with E-state index in [1.54, 1.807) is 6.20 Å². The van der Waals surface area contributed by atoms with Crippen LogP contribution in [0.25, 0.3) is 10.9 Å². The van der Waals surface area contributed by atoms with Gasteiger partial charge >= 0.3 is 5.97 Å². The maximum absolute atomic E-state index is 11.6. The van der Waals surface area contributed by atoms with Crippen molar-refractivity contribution in [2.75, 3.05) is 19.0 Å². The molecule has 0 aliphatic carbocycles. The number of aryl methyl sites for hydroxylation is 1. The van der Waals surface area contributed by atoms with Gasteiger partial charge in [-0.2, -0.15) is 0 Å². The number of ether oxygens (including phenoxy) is 1. The average Bonchev–Trinajstić information content (AvgIpc) is 3.14. The Morgan fingerprint density at radius 3 is 2.96 bits per heavy atom. The lowest BCUT2D eigenvalue weighted by atomic mass is 10.1. The Morgan fingerprint density at radius 1 is 1.28 bits per heavy atom. The number of esters is 1. The Morgan fingerprint density at radius 2 is 2.16 bits per heavy atom. The van der Waals surface area contributed by atoms with Gasteiger partial charge in [-0.15, -0.1) is 0 Å². The molecule has 0 spiro atoms. The maximum Gasteiger partial charge on any atom is 0.311 e. The average molecular weight is 338 g/mol. The fourth-order valence-corrected chi connectivity index (χ4v) is 2.75. The van der Waals surface area contributed by atoms with Gasteiger partial charge in [0.1, 0.15) is 0 Å². The van der Waals surface area contributed by atoms with Gasteiger partial charge in [-0.05, 0) is 25.0 Å². The number of nitrogens with one attached hydrogen (secondary N) is 1. The molecule has 0 unspecified atom stereocenters. The second-order valence-corrected chi connectivity index (χ2v) is 5.87. The molecule has 0 amide bonds. The van der Waals surface area contributed by atoms with E-state index in [0.717, 1.165) is 42.5 Å². The third-order valence-electron chi connectivity index (χ3n) is 4.04. The molecule has 0 atom stereocenters. The van der Waals surface area contributed by atoms with Gasteiger partial charge in [0.15, 0.2) is 0 Å². The lowest BCUT2D eigenvalue weighted by Gasteiger charge is -2.12. The molecule has 3 rings (SSSR count). The minimum atomic E-state index is -0.283. The van der Waals surface area contributed by atoms with Crippen LogP contribution in [0, 0.1) is 0 Å². The molecule has 6 nitrogen and oxygen atoms in total. The smallest absolute Gasteiger partial charge is 0.311 e. The van der Waals surface area contributed by atoms with Gasteiger partial charge in [-0.3, -0.25) is 9.78 Å². The molecule has 0 saturated heterocycles. The van der Waals surface area contributed by atoms with Crippen molar-refractivity contribution >= 4 is 22.6 Å². The number of rotatable bonds is 8. The number of hydrogen-bond donors (Lipinski definition) is 1. The van der Waals surface area contributed by atoms with Crippen LogP contribution in [0.4, 0.5) is 5.69 Å². The highest BCUT2D eigenvalue weighted by molar-refractivity contribution is 5.92. The van der Waals surface area contributed by atoms with Crippen molar-refractivity contribution in [3.63, 3.8) is 0 Å². The van der Waals surface area contributed by atoms with Crippen molar-refractivity contribution in [2.45, 2.75) is 25.8 Å². The van der Waals surface area contributed by atoms with Gasteiger partial charge in [0.25, 0.3) is 0 Å². The van der Waals surface area contributed by atoms with Crippen LogP contribution >= 0.6 is 0 Å². The van der Waals surface area contributed by atoms with E-state index in [4.69, 9.17) is 4.74 Å². The van der Waals surface area contributed by atoms with Crippen LogP contribution in [0.1, 0.15) is 18.5 Å². The summed E-state index contributed by atoms with van der Waals surface area (Å²) in [6.07, 6.45) is 7.90. The van der Waals surface area contributed by atoms with Crippen LogP contribution in [0.5, 0.6) is 0 Å². The molecule has 0 aliphatic rings. The second-order valence-electron chi connectivity index (χ2n) is 5.87.